The number of amides is 1. The summed E-state index contributed by atoms with van der Waals surface area (Å²) >= 11 is 0. The van der Waals surface area contributed by atoms with Crippen molar-refractivity contribution in [3.63, 3.8) is 0 Å². The van der Waals surface area contributed by atoms with Crippen LogP contribution in [0.5, 0.6) is 0 Å². The van der Waals surface area contributed by atoms with Gasteiger partial charge in [-0.05, 0) is 31.0 Å². The van der Waals surface area contributed by atoms with E-state index in [1.165, 1.54) is 7.11 Å². The van der Waals surface area contributed by atoms with Crippen molar-refractivity contribution < 1.29 is 14.3 Å². The standard InChI is InChI=1S/C15H21NO3/c1-5-13(17)16-15(3,6-2)12-9-7-11(8-10-12)14(18)19-4/h7-10H,5-6H2,1-4H3,(H,16,17). The van der Waals surface area contributed by atoms with Crippen molar-refractivity contribution in [2.45, 2.75) is 39.2 Å². The Bertz CT molecular complexity index is 453. The molecule has 0 radical (unpaired) electrons. The summed E-state index contributed by atoms with van der Waals surface area (Å²) in [5.41, 5.74) is 1.07. The highest BCUT2D eigenvalue weighted by Gasteiger charge is 2.26. The average molecular weight is 263 g/mol. The zero-order valence-electron chi connectivity index (χ0n) is 11.9. The number of benzene rings is 1. The number of ether oxygens (including phenoxy) is 1. The Kier molecular flexibility index (Phi) is 5.10. The molecular weight excluding hydrogens is 242 g/mol. The molecule has 0 saturated heterocycles. The van der Waals surface area contributed by atoms with Crippen molar-refractivity contribution in [1.29, 1.82) is 0 Å². The van der Waals surface area contributed by atoms with Crippen LogP contribution >= 0.6 is 0 Å². The maximum atomic E-state index is 11.6. The molecule has 1 amide bonds. The molecule has 0 fully saturated rings. The molecule has 1 unspecified atom stereocenters. The minimum absolute atomic E-state index is 0.0152. The fourth-order valence-electron chi connectivity index (χ4n) is 1.85. The SMILES string of the molecule is CCC(=O)NC(C)(CC)c1ccc(C(=O)OC)cc1. The van der Waals surface area contributed by atoms with Gasteiger partial charge in [-0.15, -0.1) is 0 Å². The number of carbonyl (C=O) groups excluding carboxylic acids is 2. The number of hydrogen-bond acceptors (Lipinski definition) is 3. The third kappa shape index (κ3) is 3.56. The van der Waals surface area contributed by atoms with E-state index in [2.05, 4.69) is 10.1 Å². The molecule has 0 heterocycles. The number of carbonyl (C=O) groups is 2. The molecule has 1 aromatic rings. The molecule has 4 nitrogen and oxygen atoms in total. The minimum Gasteiger partial charge on any atom is -0.465 e. The van der Waals surface area contributed by atoms with E-state index in [1.807, 2.05) is 32.9 Å². The van der Waals surface area contributed by atoms with Crippen LogP contribution in [0.1, 0.15) is 49.5 Å². The molecule has 1 N–H and O–H groups in total. The summed E-state index contributed by atoms with van der Waals surface area (Å²) in [6.07, 6.45) is 1.23. The third-order valence-electron chi connectivity index (χ3n) is 3.39. The highest BCUT2D eigenvalue weighted by molar-refractivity contribution is 5.89. The Morgan fingerprint density at radius 1 is 1.21 bits per heavy atom. The summed E-state index contributed by atoms with van der Waals surface area (Å²) in [6.45, 7) is 5.82. The van der Waals surface area contributed by atoms with Crippen LogP contribution in [-0.4, -0.2) is 19.0 Å². The van der Waals surface area contributed by atoms with Gasteiger partial charge in [-0.1, -0.05) is 26.0 Å². The average Bonchev–Trinajstić information content (AvgIpc) is 2.46. The highest BCUT2D eigenvalue weighted by Crippen LogP contribution is 2.25. The summed E-state index contributed by atoms with van der Waals surface area (Å²) in [5, 5.41) is 3.02. The van der Waals surface area contributed by atoms with E-state index >= 15 is 0 Å². The van der Waals surface area contributed by atoms with E-state index in [9.17, 15) is 9.59 Å². The van der Waals surface area contributed by atoms with Crippen LogP contribution in [0.15, 0.2) is 24.3 Å². The van der Waals surface area contributed by atoms with Gasteiger partial charge in [0.15, 0.2) is 0 Å². The lowest BCUT2D eigenvalue weighted by Crippen LogP contribution is -2.42. The van der Waals surface area contributed by atoms with Crippen molar-refractivity contribution >= 4 is 11.9 Å². The van der Waals surface area contributed by atoms with E-state index in [0.717, 1.165) is 12.0 Å². The number of esters is 1. The first-order valence-corrected chi connectivity index (χ1v) is 6.46. The molecule has 1 rings (SSSR count). The zero-order valence-corrected chi connectivity index (χ0v) is 11.9. The lowest BCUT2D eigenvalue weighted by molar-refractivity contribution is -0.122. The zero-order chi connectivity index (χ0) is 14.5. The molecule has 0 aliphatic carbocycles. The first-order valence-electron chi connectivity index (χ1n) is 6.46. The minimum atomic E-state index is -0.415. The Morgan fingerprint density at radius 2 is 1.79 bits per heavy atom. The summed E-state index contributed by atoms with van der Waals surface area (Å²) < 4.78 is 4.66. The van der Waals surface area contributed by atoms with Crippen molar-refractivity contribution in [3.8, 4) is 0 Å². The van der Waals surface area contributed by atoms with Gasteiger partial charge < -0.3 is 10.1 Å². The topological polar surface area (TPSA) is 55.4 Å². The van der Waals surface area contributed by atoms with Gasteiger partial charge in [0.05, 0.1) is 18.2 Å². The molecule has 4 heteroatoms. The number of methoxy groups -OCH3 is 1. The fraction of sp³-hybridized carbons (Fsp3) is 0.467. The predicted octanol–water partition coefficient (Wildman–Crippen LogP) is 2.62. The van der Waals surface area contributed by atoms with Crippen molar-refractivity contribution in [2.24, 2.45) is 0 Å². The smallest absolute Gasteiger partial charge is 0.337 e. The summed E-state index contributed by atoms with van der Waals surface area (Å²) in [4.78, 5) is 23.0. The molecule has 0 bridgehead atoms. The lowest BCUT2D eigenvalue weighted by atomic mass is 9.88. The summed E-state index contributed by atoms with van der Waals surface area (Å²) in [5.74, 6) is -0.344. The molecule has 1 aromatic carbocycles. The molecule has 0 aliphatic rings. The molecule has 0 aliphatic heterocycles. The molecule has 0 saturated carbocycles. The maximum Gasteiger partial charge on any atom is 0.337 e. The molecule has 1 atom stereocenters. The molecule has 104 valence electrons. The van der Waals surface area contributed by atoms with Crippen LogP contribution in [0.2, 0.25) is 0 Å². The summed E-state index contributed by atoms with van der Waals surface area (Å²) in [7, 11) is 1.36. The van der Waals surface area contributed by atoms with Crippen LogP contribution in [0.25, 0.3) is 0 Å². The van der Waals surface area contributed by atoms with Crippen LogP contribution in [0, 0.1) is 0 Å². The Morgan fingerprint density at radius 3 is 2.21 bits per heavy atom. The second-order valence-corrected chi connectivity index (χ2v) is 4.66. The van der Waals surface area contributed by atoms with Crippen LogP contribution < -0.4 is 5.32 Å². The number of rotatable bonds is 5. The largest absolute Gasteiger partial charge is 0.465 e. The van der Waals surface area contributed by atoms with Gasteiger partial charge in [-0.2, -0.15) is 0 Å². The van der Waals surface area contributed by atoms with Crippen molar-refractivity contribution in [1.82, 2.24) is 5.32 Å². The van der Waals surface area contributed by atoms with Crippen molar-refractivity contribution in [3.05, 3.63) is 35.4 Å². The quantitative estimate of drug-likeness (QED) is 0.831. The highest BCUT2D eigenvalue weighted by atomic mass is 16.5. The second kappa shape index (κ2) is 6.36. The monoisotopic (exact) mass is 263 g/mol. The number of hydrogen-bond donors (Lipinski definition) is 1. The predicted molar refractivity (Wildman–Crippen MR) is 73.9 cm³/mol. The Labute approximate surface area is 114 Å². The van der Waals surface area contributed by atoms with E-state index in [-0.39, 0.29) is 11.9 Å². The van der Waals surface area contributed by atoms with E-state index < -0.39 is 5.54 Å². The molecule has 0 spiro atoms. The second-order valence-electron chi connectivity index (χ2n) is 4.66. The van der Waals surface area contributed by atoms with Gasteiger partial charge in [0, 0.05) is 6.42 Å². The third-order valence-corrected chi connectivity index (χ3v) is 3.39. The first-order chi connectivity index (χ1) is 8.96. The van der Waals surface area contributed by atoms with Gasteiger partial charge in [-0.3, -0.25) is 4.79 Å². The van der Waals surface area contributed by atoms with E-state index in [1.54, 1.807) is 12.1 Å². The van der Waals surface area contributed by atoms with Crippen molar-refractivity contribution in [2.75, 3.05) is 7.11 Å². The van der Waals surface area contributed by atoms with Gasteiger partial charge in [0.1, 0.15) is 0 Å². The van der Waals surface area contributed by atoms with Crippen LogP contribution in [0.4, 0.5) is 0 Å². The summed E-state index contributed by atoms with van der Waals surface area (Å²) in [6, 6.07) is 7.14. The Balaban J connectivity index is 2.99. The maximum absolute atomic E-state index is 11.6. The normalized spacial score (nSPS) is 13.5. The lowest BCUT2D eigenvalue weighted by Gasteiger charge is -2.30. The van der Waals surface area contributed by atoms with E-state index in [0.29, 0.717) is 12.0 Å². The van der Waals surface area contributed by atoms with Gasteiger partial charge >= 0.3 is 5.97 Å². The first kappa shape index (κ1) is 15.2. The van der Waals surface area contributed by atoms with Gasteiger partial charge in [-0.25, -0.2) is 4.79 Å². The molecule has 0 aromatic heterocycles. The fourth-order valence-corrected chi connectivity index (χ4v) is 1.85. The van der Waals surface area contributed by atoms with Gasteiger partial charge in [0.2, 0.25) is 5.91 Å². The molecular formula is C15H21NO3. The van der Waals surface area contributed by atoms with Crippen LogP contribution in [0.3, 0.4) is 0 Å². The Hall–Kier alpha value is -1.84. The van der Waals surface area contributed by atoms with E-state index in [4.69, 9.17) is 0 Å². The molecule has 19 heavy (non-hydrogen) atoms. The van der Waals surface area contributed by atoms with Gasteiger partial charge in [0.25, 0.3) is 0 Å². The van der Waals surface area contributed by atoms with Crippen LogP contribution in [-0.2, 0) is 15.1 Å². The number of nitrogens with one attached hydrogen (secondary N) is 1.